The molecule has 1 aromatic rings. The highest BCUT2D eigenvalue weighted by atomic mass is 16.5. The van der Waals surface area contributed by atoms with Crippen LogP contribution in [0.1, 0.15) is 42.9 Å². The average Bonchev–Trinajstić information content (AvgIpc) is 3.15. The number of piperazine rings is 1. The third kappa shape index (κ3) is 3.15. The van der Waals surface area contributed by atoms with Gasteiger partial charge in [0.1, 0.15) is 11.8 Å². The van der Waals surface area contributed by atoms with Crippen LogP contribution in [-0.2, 0) is 20.8 Å². The largest absolute Gasteiger partial charge is 0.429 e. The zero-order valence-corrected chi connectivity index (χ0v) is 18.3. The maximum atomic E-state index is 13.3. The van der Waals surface area contributed by atoms with Crippen LogP contribution in [0, 0.1) is 17.2 Å². The summed E-state index contributed by atoms with van der Waals surface area (Å²) in [7, 11) is 0. The number of nitriles is 1. The minimum atomic E-state index is -0.718. The quantitative estimate of drug-likeness (QED) is 0.622. The topological polar surface area (TPSA) is 120 Å². The van der Waals surface area contributed by atoms with Crippen LogP contribution in [0.5, 0.6) is 5.75 Å². The lowest BCUT2D eigenvalue weighted by atomic mass is 10.0. The SMILES string of the molecule is N#C[C@@H]1CC2C[C@@H]2N1C(=O)[C@@H](N)CN1C[C@H]2C[C@@H]1C(=O)N2[C@@H]1CCc2cc(OC=O)ccc21. The predicted octanol–water partition coefficient (Wildman–Crippen LogP) is 0.334. The first kappa shape index (κ1) is 20.6. The lowest BCUT2D eigenvalue weighted by Gasteiger charge is -2.38. The molecule has 1 aromatic carbocycles. The molecule has 2 bridgehead atoms. The summed E-state index contributed by atoms with van der Waals surface area (Å²) in [4.78, 5) is 42.8. The molecule has 1 unspecified atom stereocenters. The number of hydrogen-bond acceptors (Lipinski definition) is 7. The fraction of sp³-hybridized carbons (Fsp3) is 0.583. The summed E-state index contributed by atoms with van der Waals surface area (Å²) in [6.45, 7) is 1.48. The zero-order chi connectivity index (χ0) is 22.9. The Labute approximate surface area is 192 Å². The van der Waals surface area contributed by atoms with Gasteiger partial charge < -0.3 is 20.3 Å². The maximum absolute atomic E-state index is 13.3. The van der Waals surface area contributed by atoms with Gasteiger partial charge in [-0.25, -0.2) is 0 Å². The Hall–Kier alpha value is -2.96. The predicted molar refractivity (Wildman–Crippen MR) is 116 cm³/mol. The molecule has 0 radical (unpaired) electrons. The lowest BCUT2D eigenvalue weighted by molar-refractivity contribution is -0.141. The summed E-state index contributed by atoms with van der Waals surface area (Å²) in [6, 6.07) is 6.88. The second-order valence-electron chi connectivity index (χ2n) is 10.0. The van der Waals surface area contributed by atoms with E-state index < -0.39 is 6.04 Å². The van der Waals surface area contributed by atoms with Gasteiger partial charge in [0, 0.05) is 25.2 Å². The number of carbonyl (C=O) groups excluding carboxylic acids is 3. The van der Waals surface area contributed by atoms with Crippen molar-refractivity contribution in [2.24, 2.45) is 11.7 Å². The van der Waals surface area contributed by atoms with Gasteiger partial charge in [0.2, 0.25) is 11.8 Å². The molecule has 0 aromatic heterocycles. The average molecular weight is 450 g/mol. The minimum Gasteiger partial charge on any atom is -0.429 e. The van der Waals surface area contributed by atoms with Crippen molar-refractivity contribution in [2.75, 3.05) is 13.1 Å². The molecular weight excluding hydrogens is 422 g/mol. The van der Waals surface area contributed by atoms with Crippen molar-refractivity contribution in [3.8, 4) is 11.8 Å². The molecule has 2 aliphatic carbocycles. The Balaban J connectivity index is 1.12. The molecule has 172 valence electrons. The van der Waals surface area contributed by atoms with E-state index in [2.05, 4.69) is 11.0 Å². The molecule has 2 N–H and O–H groups in total. The van der Waals surface area contributed by atoms with Crippen LogP contribution in [0.2, 0.25) is 0 Å². The van der Waals surface area contributed by atoms with Gasteiger partial charge >= 0.3 is 0 Å². The molecule has 3 aliphatic heterocycles. The summed E-state index contributed by atoms with van der Waals surface area (Å²) >= 11 is 0. The van der Waals surface area contributed by atoms with Crippen LogP contribution < -0.4 is 10.5 Å². The Morgan fingerprint density at radius 2 is 2.15 bits per heavy atom. The number of likely N-dealkylation sites (tertiary alicyclic amines) is 3. The van der Waals surface area contributed by atoms with Crippen LogP contribution in [-0.4, -0.2) is 76.3 Å². The second-order valence-corrected chi connectivity index (χ2v) is 10.0. The highest BCUT2D eigenvalue weighted by Gasteiger charge is 2.56. The van der Waals surface area contributed by atoms with Crippen molar-refractivity contribution in [3.05, 3.63) is 29.3 Å². The van der Waals surface area contributed by atoms with Crippen molar-refractivity contribution in [3.63, 3.8) is 0 Å². The third-order valence-corrected chi connectivity index (χ3v) is 8.25. The van der Waals surface area contributed by atoms with Crippen LogP contribution in [0.15, 0.2) is 18.2 Å². The molecule has 1 saturated carbocycles. The van der Waals surface area contributed by atoms with E-state index in [4.69, 9.17) is 10.5 Å². The van der Waals surface area contributed by atoms with E-state index in [0.29, 0.717) is 31.2 Å². The van der Waals surface area contributed by atoms with Crippen LogP contribution in [0.25, 0.3) is 0 Å². The third-order valence-electron chi connectivity index (χ3n) is 8.25. The Morgan fingerprint density at radius 3 is 2.91 bits per heavy atom. The minimum absolute atomic E-state index is 0.0398. The zero-order valence-electron chi connectivity index (χ0n) is 18.3. The highest BCUT2D eigenvalue weighted by Crippen LogP contribution is 2.48. The van der Waals surface area contributed by atoms with Gasteiger partial charge in [0.05, 0.1) is 24.2 Å². The second kappa shape index (κ2) is 7.54. The smallest absolute Gasteiger partial charge is 0.298 e. The van der Waals surface area contributed by atoms with Crippen LogP contribution in [0.4, 0.5) is 0 Å². The first-order valence-electron chi connectivity index (χ1n) is 11.8. The number of ether oxygens (including phenoxy) is 1. The van der Waals surface area contributed by atoms with E-state index in [1.165, 1.54) is 0 Å². The fourth-order valence-electron chi connectivity index (χ4n) is 6.70. The molecule has 4 fully saturated rings. The number of benzene rings is 1. The van der Waals surface area contributed by atoms with E-state index in [0.717, 1.165) is 43.2 Å². The van der Waals surface area contributed by atoms with Gasteiger partial charge in [-0.15, -0.1) is 0 Å². The van der Waals surface area contributed by atoms with Gasteiger partial charge in [0.15, 0.2) is 0 Å². The number of carbonyl (C=O) groups is 3. The van der Waals surface area contributed by atoms with E-state index in [1.807, 2.05) is 17.0 Å². The van der Waals surface area contributed by atoms with Crippen molar-refractivity contribution in [1.82, 2.24) is 14.7 Å². The first-order chi connectivity index (χ1) is 16.0. The number of amides is 2. The molecule has 5 aliphatic rings. The molecule has 7 atom stereocenters. The number of nitrogens with two attached hydrogens (primary N) is 1. The maximum Gasteiger partial charge on any atom is 0.298 e. The standard InChI is InChI=1S/C24H27N5O4/c25-9-15-5-14-7-21(14)28(15)23(31)19(26)11-27-10-16-8-22(27)24(32)29(16)20-4-1-13-6-17(33-12-30)2-3-18(13)20/h2-3,6,12,14-16,19-22H,1,4-5,7-8,10-11,26H2/t14?,15-,16+,19-,20+,21-,22+/m0/s1. The summed E-state index contributed by atoms with van der Waals surface area (Å²) < 4.78 is 4.96. The number of aryl methyl sites for hydroxylation is 1. The molecule has 6 rings (SSSR count). The molecule has 9 heteroatoms. The van der Waals surface area contributed by atoms with Gasteiger partial charge in [0.25, 0.3) is 6.47 Å². The van der Waals surface area contributed by atoms with E-state index in [1.54, 1.807) is 11.0 Å². The number of fused-ring (bicyclic) bond motifs is 4. The van der Waals surface area contributed by atoms with Crippen molar-refractivity contribution in [2.45, 2.75) is 68.4 Å². The Morgan fingerprint density at radius 1 is 1.30 bits per heavy atom. The van der Waals surface area contributed by atoms with Crippen LogP contribution >= 0.6 is 0 Å². The van der Waals surface area contributed by atoms with E-state index in [9.17, 15) is 19.6 Å². The Kier molecular flexibility index (Phi) is 4.71. The molecule has 0 spiro atoms. The van der Waals surface area contributed by atoms with Crippen molar-refractivity contribution in [1.29, 1.82) is 5.26 Å². The molecule has 3 heterocycles. The Bertz CT molecular complexity index is 1070. The number of rotatable bonds is 6. The highest BCUT2D eigenvalue weighted by molar-refractivity contribution is 5.87. The normalized spacial score (nSPS) is 34.7. The summed E-state index contributed by atoms with van der Waals surface area (Å²) in [5, 5.41) is 9.39. The van der Waals surface area contributed by atoms with Gasteiger partial charge in [-0.05, 0) is 61.3 Å². The fourth-order valence-corrected chi connectivity index (χ4v) is 6.70. The molecule has 3 saturated heterocycles. The first-order valence-corrected chi connectivity index (χ1v) is 11.8. The van der Waals surface area contributed by atoms with Crippen molar-refractivity contribution < 1.29 is 19.1 Å². The molecule has 2 amide bonds. The molecular formula is C24H27N5O4. The van der Waals surface area contributed by atoms with Crippen molar-refractivity contribution >= 4 is 18.3 Å². The van der Waals surface area contributed by atoms with Gasteiger partial charge in [-0.2, -0.15) is 5.26 Å². The van der Waals surface area contributed by atoms with Gasteiger partial charge in [-0.3, -0.25) is 19.3 Å². The number of hydrogen-bond donors (Lipinski definition) is 1. The summed E-state index contributed by atoms with van der Waals surface area (Å²) in [5.41, 5.74) is 8.56. The number of nitrogens with zero attached hydrogens (tertiary/aromatic N) is 4. The molecule has 33 heavy (non-hydrogen) atoms. The van der Waals surface area contributed by atoms with E-state index >= 15 is 0 Å². The molecule has 9 nitrogen and oxygen atoms in total. The summed E-state index contributed by atoms with van der Waals surface area (Å²) in [6.07, 6.45) is 4.20. The van der Waals surface area contributed by atoms with Crippen LogP contribution in [0.3, 0.4) is 0 Å². The summed E-state index contributed by atoms with van der Waals surface area (Å²) in [5.74, 6) is 0.934. The number of piperidine rings is 1. The van der Waals surface area contributed by atoms with E-state index in [-0.39, 0.29) is 42.0 Å². The van der Waals surface area contributed by atoms with Gasteiger partial charge in [-0.1, -0.05) is 6.07 Å². The monoisotopic (exact) mass is 449 g/mol. The lowest BCUT2D eigenvalue weighted by Crippen LogP contribution is -2.57.